The van der Waals surface area contributed by atoms with Crippen LogP contribution in [0.25, 0.3) is 0 Å². The highest BCUT2D eigenvalue weighted by atomic mass is 79.9. The molecular weight excluding hydrogens is 332 g/mol. The Kier molecular flexibility index (Phi) is 5.14. The third-order valence-electron chi connectivity index (χ3n) is 2.75. The molecule has 0 saturated heterocycles. The molecule has 1 N–H and O–H groups in total. The van der Waals surface area contributed by atoms with E-state index < -0.39 is 6.61 Å². The van der Waals surface area contributed by atoms with Crippen molar-refractivity contribution in [1.29, 1.82) is 0 Å². The van der Waals surface area contributed by atoms with Crippen molar-refractivity contribution in [3.8, 4) is 5.75 Å². The van der Waals surface area contributed by atoms with Gasteiger partial charge in [0.2, 0.25) is 0 Å². The molecule has 0 aliphatic rings. The summed E-state index contributed by atoms with van der Waals surface area (Å²) in [5.74, 6) is 0.881. The molecule has 20 heavy (non-hydrogen) atoms. The topological polar surface area (TPSA) is 34.4 Å². The molecule has 1 aromatic heterocycles. The second-order valence-corrected chi connectivity index (χ2v) is 4.93. The molecule has 3 nitrogen and oxygen atoms in total. The van der Waals surface area contributed by atoms with E-state index in [2.05, 4.69) is 26.0 Å². The second-order valence-electron chi connectivity index (χ2n) is 4.07. The van der Waals surface area contributed by atoms with Gasteiger partial charge in [0.25, 0.3) is 0 Å². The third-order valence-corrected chi connectivity index (χ3v) is 3.41. The van der Waals surface area contributed by atoms with Crippen molar-refractivity contribution < 1.29 is 17.9 Å². The minimum absolute atomic E-state index is 0.137. The van der Waals surface area contributed by atoms with Gasteiger partial charge < -0.3 is 14.5 Å². The summed E-state index contributed by atoms with van der Waals surface area (Å²) in [6, 6.07) is 8.17. The molecule has 0 spiro atoms. The zero-order valence-corrected chi connectivity index (χ0v) is 12.4. The van der Waals surface area contributed by atoms with Crippen molar-refractivity contribution in [2.75, 3.05) is 6.54 Å². The van der Waals surface area contributed by atoms with Crippen molar-refractivity contribution >= 4 is 15.9 Å². The molecule has 0 radical (unpaired) electrons. The van der Waals surface area contributed by atoms with Crippen LogP contribution in [0.4, 0.5) is 8.78 Å². The maximum atomic E-state index is 12.1. The van der Waals surface area contributed by atoms with Crippen molar-refractivity contribution in [3.05, 3.63) is 52.4 Å². The number of halogens is 3. The normalized spacial score (nSPS) is 12.7. The summed E-state index contributed by atoms with van der Waals surface area (Å²) in [4.78, 5) is 0. The summed E-state index contributed by atoms with van der Waals surface area (Å²) < 4.78 is 34.9. The van der Waals surface area contributed by atoms with E-state index in [1.54, 1.807) is 18.4 Å². The van der Waals surface area contributed by atoms with Crippen molar-refractivity contribution in [3.63, 3.8) is 0 Å². The molecule has 1 heterocycles. The van der Waals surface area contributed by atoms with Crippen LogP contribution < -0.4 is 10.1 Å². The van der Waals surface area contributed by atoms with Gasteiger partial charge in [0.1, 0.15) is 11.5 Å². The van der Waals surface area contributed by atoms with Crippen LogP contribution in [0, 0.1) is 0 Å². The van der Waals surface area contributed by atoms with Crippen LogP contribution in [0.1, 0.15) is 24.3 Å². The van der Waals surface area contributed by atoms with Crippen LogP contribution in [0.2, 0.25) is 0 Å². The average molecular weight is 346 g/mol. The monoisotopic (exact) mass is 345 g/mol. The van der Waals surface area contributed by atoms with Gasteiger partial charge in [-0.2, -0.15) is 8.78 Å². The molecule has 0 aliphatic carbocycles. The first-order chi connectivity index (χ1) is 9.61. The second kappa shape index (κ2) is 6.85. The largest absolute Gasteiger partial charge is 0.466 e. The fourth-order valence-electron chi connectivity index (χ4n) is 1.92. The Morgan fingerprint density at radius 1 is 1.25 bits per heavy atom. The average Bonchev–Trinajstić information content (AvgIpc) is 2.83. The minimum atomic E-state index is -2.82. The maximum Gasteiger partial charge on any atom is 0.387 e. The molecule has 1 aromatic carbocycles. The molecule has 0 saturated carbocycles. The molecule has 0 bridgehead atoms. The molecular formula is C14H14BrF2NO2. The number of furan rings is 1. The molecule has 0 aliphatic heterocycles. The number of hydrogen-bond acceptors (Lipinski definition) is 3. The number of hydrogen-bond donors (Lipinski definition) is 1. The Bertz CT molecular complexity index is 542. The Morgan fingerprint density at radius 2 is 1.95 bits per heavy atom. The summed E-state index contributed by atoms with van der Waals surface area (Å²) in [6.07, 6.45) is 1.60. The fraction of sp³-hybridized carbons (Fsp3) is 0.286. The lowest BCUT2D eigenvalue weighted by atomic mass is 10.0. The van der Waals surface area contributed by atoms with E-state index in [-0.39, 0.29) is 11.8 Å². The quantitative estimate of drug-likeness (QED) is 0.845. The summed E-state index contributed by atoms with van der Waals surface area (Å²) in [6.45, 7) is -0.0878. The first-order valence-electron chi connectivity index (χ1n) is 6.13. The molecule has 2 aromatic rings. The highest BCUT2D eigenvalue weighted by Crippen LogP contribution is 2.30. The fourth-order valence-corrected chi connectivity index (χ4v) is 2.35. The molecule has 0 amide bonds. The van der Waals surface area contributed by atoms with E-state index in [0.717, 1.165) is 22.3 Å². The van der Waals surface area contributed by atoms with Crippen LogP contribution in [-0.2, 0) is 0 Å². The molecule has 108 valence electrons. The summed E-state index contributed by atoms with van der Waals surface area (Å²) in [5.41, 5.74) is 0.907. The predicted octanol–water partition coefficient (Wildman–Crippen LogP) is 4.34. The van der Waals surface area contributed by atoms with Gasteiger partial charge in [0.05, 0.1) is 16.8 Å². The number of nitrogens with one attached hydrogen (secondary N) is 1. The standard InChI is InChI=1S/C14H14BrF2NO2/c1-2-18-12(13-11(15)7-8-19-13)9-3-5-10(6-4-9)20-14(16)17/h3-8,12,14,18H,2H2,1H3. The number of alkyl halides is 2. The van der Waals surface area contributed by atoms with Gasteiger partial charge in [-0.1, -0.05) is 19.1 Å². The first kappa shape index (κ1) is 15.0. The van der Waals surface area contributed by atoms with E-state index in [1.807, 2.05) is 13.0 Å². The van der Waals surface area contributed by atoms with Crippen molar-refractivity contribution in [2.24, 2.45) is 0 Å². The van der Waals surface area contributed by atoms with Gasteiger partial charge in [0.15, 0.2) is 0 Å². The molecule has 1 unspecified atom stereocenters. The smallest absolute Gasteiger partial charge is 0.387 e. The van der Waals surface area contributed by atoms with Crippen LogP contribution in [0.3, 0.4) is 0 Å². The summed E-state index contributed by atoms with van der Waals surface area (Å²) in [5, 5.41) is 3.29. The molecule has 2 rings (SSSR count). The van der Waals surface area contributed by atoms with E-state index in [1.165, 1.54) is 12.1 Å². The molecule has 1 atom stereocenters. The van der Waals surface area contributed by atoms with Gasteiger partial charge in [-0.3, -0.25) is 0 Å². The Hall–Kier alpha value is -1.40. The van der Waals surface area contributed by atoms with Gasteiger partial charge >= 0.3 is 6.61 Å². The van der Waals surface area contributed by atoms with Crippen LogP contribution in [-0.4, -0.2) is 13.2 Å². The van der Waals surface area contributed by atoms with E-state index in [4.69, 9.17) is 4.42 Å². The van der Waals surface area contributed by atoms with Gasteiger partial charge in [-0.05, 0) is 46.2 Å². The van der Waals surface area contributed by atoms with Gasteiger partial charge in [-0.15, -0.1) is 0 Å². The summed E-state index contributed by atoms with van der Waals surface area (Å²) >= 11 is 3.42. The lowest BCUT2D eigenvalue weighted by molar-refractivity contribution is -0.0498. The lowest BCUT2D eigenvalue weighted by Crippen LogP contribution is -2.21. The SMILES string of the molecule is CCNC(c1ccc(OC(F)F)cc1)c1occc1Br. The predicted molar refractivity (Wildman–Crippen MR) is 75.0 cm³/mol. The third kappa shape index (κ3) is 3.58. The Labute approximate surface area is 124 Å². The zero-order chi connectivity index (χ0) is 14.5. The number of rotatable bonds is 6. The van der Waals surface area contributed by atoms with E-state index in [9.17, 15) is 8.78 Å². The van der Waals surface area contributed by atoms with E-state index >= 15 is 0 Å². The number of ether oxygens (including phenoxy) is 1. The van der Waals surface area contributed by atoms with Crippen LogP contribution in [0.15, 0.2) is 45.5 Å². The zero-order valence-electron chi connectivity index (χ0n) is 10.8. The van der Waals surface area contributed by atoms with E-state index in [0.29, 0.717) is 0 Å². The summed E-state index contributed by atoms with van der Waals surface area (Å²) in [7, 11) is 0. The van der Waals surface area contributed by atoms with Crippen molar-refractivity contribution in [2.45, 2.75) is 19.6 Å². The van der Waals surface area contributed by atoms with Crippen LogP contribution in [0.5, 0.6) is 5.75 Å². The minimum Gasteiger partial charge on any atom is -0.466 e. The highest BCUT2D eigenvalue weighted by Gasteiger charge is 2.19. The van der Waals surface area contributed by atoms with Gasteiger partial charge in [0, 0.05) is 0 Å². The maximum absolute atomic E-state index is 12.1. The number of benzene rings is 1. The Balaban J connectivity index is 2.24. The van der Waals surface area contributed by atoms with Crippen molar-refractivity contribution in [1.82, 2.24) is 5.32 Å². The molecule has 0 fully saturated rings. The molecule has 6 heteroatoms. The highest BCUT2D eigenvalue weighted by molar-refractivity contribution is 9.10. The first-order valence-corrected chi connectivity index (χ1v) is 6.92. The van der Waals surface area contributed by atoms with Crippen LogP contribution >= 0.6 is 15.9 Å². The Morgan fingerprint density at radius 3 is 2.45 bits per heavy atom. The van der Waals surface area contributed by atoms with Gasteiger partial charge in [-0.25, -0.2) is 0 Å². The lowest BCUT2D eigenvalue weighted by Gasteiger charge is -2.17.